The van der Waals surface area contributed by atoms with Crippen molar-refractivity contribution >= 4 is 5.88 Å². The zero-order chi connectivity index (χ0) is 18.2. The third-order valence-corrected chi connectivity index (χ3v) is 4.50. The van der Waals surface area contributed by atoms with Crippen molar-refractivity contribution in [3.63, 3.8) is 0 Å². The van der Waals surface area contributed by atoms with Crippen LogP contribution in [0.1, 0.15) is 49.4 Å². The Morgan fingerprint density at radius 2 is 2.00 bits per heavy atom. The summed E-state index contributed by atoms with van der Waals surface area (Å²) < 4.78 is 11.4. The smallest absolute Gasteiger partial charge is 0.230 e. The molecule has 0 aliphatic carbocycles. The average Bonchev–Trinajstić information content (AvgIpc) is 3.10. The van der Waals surface area contributed by atoms with E-state index in [1.54, 1.807) is 6.08 Å². The highest BCUT2D eigenvalue weighted by molar-refractivity contribution is 5.44. The van der Waals surface area contributed by atoms with Crippen LogP contribution >= 0.6 is 0 Å². The van der Waals surface area contributed by atoms with Gasteiger partial charge in [0.2, 0.25) is 11.8 Å². The summed E-state index contributed by atoms with van der Waals surface area (Å²) in [7, 11) is 0. The number of morpholine rings is 1. The lowest BCUT2D eigenvalue weighted by atomic mass is 10.1. The molecule has 0 amide bonds. The van der Waals surface area contributed by atoms with Crippen LogP contribution in [0.25, 0.3) is 0 Å². The second kappa shape index (κ2) is 9.55. The van der Waals surface area contributed by atoms with Crippen molar-refractivity contribution in [3.05, 3.63) is 59.6 Å². The minimum atomic E-state index is -0.809. The van der Waals surface area contributed by atoms with Crippen LogP contribution in [-0.2, 0) is 11.2 Å². The molecule has 26 heavy (non-hydrogen) atoms. The topological polar surface area (TPSA) is 58.7 Å². The fourth-order valence-electron chi connectivity index (χ4n) is 3.04. The first-order valence-electron chi connectivity index (χ1n) is 9.49. The quantitative estimate of drug-likeness (QED) is 0.574. The normalized spacial score (nSPS) is 16.3. The maximum atomic E-state index is 10.4. The summed E-state index contributed by atoms with van der Waals surface area (Å²) in [5.41, 5.74) is 2.05. The molecule has 1 fully saturated rings. The van der Waals surface area contributed by atoms with Crippen molar-refractivity contribution in [1.82, 2.24) is 4.98 Å². The van der Waals surface area contributed by atoms with Gasteiger partial charge in [-0.1, -0.05) is 62.2 Å². The number of hydrogen-bond donors (Lipinski definition) is 1. The van der Waals surface area contributed by atoms with Crippen molar-refractivity contribution in [3.8, 4) is 0 Å². The summed E-state index contributed by atoms with van der Waals surface area (Å²) in [5.74, 6) is 1.12. The molecule has 0 radical (unpaired) electrons. The molecule has 3 rings (SSSR count). The lowest BCUT2D eigenvalue weighted by molar-refractivity contribution is 0.120. The van der Waals surface area contributed by atoms with Crippen LogP contribution in [0.5, 0.6) is 0 Å². The molecule has 0 saturated carbocycles. The summed E-state index contributed by atoms with van der Waals surface area (Å²) in [6.07, 6.45) is 6.87. The highest BCUT2D eigenvalue weighted by Gasteiger charge is 2.23. The van der Waals surface area contributed by atoms with E-state index in [9.17, 15) is 5.11 Å². The number of allylic oxidation sites excluding steroid dienone is 1. The van der Waals surface area contributed by atoms with E-state index in [1.165, 1.54) is 5.56 Å². The van der Waals surface area contributed by atoms with Crippen molar-refractivity contribution in [2.75, 3.05) is 31.2 Å². The summed E-state index contributed by atoms with van der Waals surface area (Å²) in [4.78, 5) is 6.79. The molecule has 2 heterocycles. The SMILES string of the molecule is CCCC/C=C/[C@H](O)c1nc(Cc2ccccc2)c(N2CCOCC2)o1. The zero-order valence-electron chi connectivity index (χ0n) is 15.4. The van der Waals surface area contributed by atoms with Gasteiger partial charge in [-0.05, 0) is 12.0 Å². The van der Waals surface area contributed by atoms with Gasteiger partial charge in [-0.3, -0.25) is 0 Å². The minimum Gasteiger partial charge on any atom is -0.422 e. The van der Waals surface area contributed by atoms with Gasteiger partial charge in [0, 0.05) is 19.5 Å². The van der Waals surface area contributed by atoms with Crippen molar-refractivity contribution in [1.29, 1.82) is 0 Å². The molecule has 1 atom stereocenters. The third kappa shape index (κ3) is 4.96. The third-order valence-electron chi connectivity index (χ3n) is 4.50. The molecule has 2 aromatic rings. The lowest BCUT2D eigenvalue weighted by Crippen LogP contribution is -2.36. The molecule has 140 valence electrons. The van der Waals surface area contributed by atoms with Gasteiger partial charge in [-0.25, -0.2) is 4.98 Å². The van der Waals surface area contributed by atoms with E-state index in [0.29, 0.717) is 25.5 Å². The molecule has 1 saturated heterocycles. The first-order chi connectivity index (χ1) is 12.8. The number of nitrogens with zero attached hydrogens (tertiary/aromatic N) is 2. The predicted octanol–water partition coefficient (Wildman–Crippen LogP) is 3.88. The molecule has 1 N–H and O–H groups in total. The zero-order valence-corrected chi connectivity index (χ0v) is 15.4. The number of ether oxygens (including phenoxy) is 1. The Bertz CT molecular complexity index is 691. The molecule has 0 spiro atoms. The van der Waals surface area contributed by atoms with E-state index < -0.39 is 6.10 Å². The number of oxazole rings is 1. The molecule has 1 aromatic heterocycles. The van der Waals surface area contributed by atoms with E-state index in [-0.39, 0.29) is 0 Å². The maximum Gasteiger partial charge on any atom is 0.230 e. The number of aliphatic hydroxyl groups excluding tert-OH is 1. The number of unbranched alkanes of at least 4 members (excludes halogenated alkanes) is 2. The van der Waals surface area contributed by atoms with Crippen LogP contribution in [0.4, 0.5) is 5.88 Å². The van der Waals surface area contributed by atoms with E-state index in [0.717, 1.165) is 43.9 Å². The summed E-state index contributed by atoms with van der Waals surface area (Å²) in [6, 6.07) is 10.2. The summed E-state index contributed by atoms with van der Waals surface area (Å²) in [6.45, 7) is 5.07. The molecule has 1 aliphatic heterocycles. The Hall–Kier alpha value is -2.11. The minimum absolute atomic E-state index is 0.366. The van der Waals surface area contributed by atoms with Gasteiger partial charge in [-0.2, -0.15) is 0 Å². The number of benzene rings is 1. The van der Waals surface area contributed by atoms with Gasteiger partial charge >= 0.3 is 0 Å². The van der Waals surface area contributed by atoms with Gasteiger partial charge in [0.15, 0.2) is 0 Å². The number of aromatic nitrogens is 1. The van der Waals surface area contributed by atoms with Crippen LogP contribution < -0.4 is 4.90 Å². The van der Waals surface area contributed by atoms with Crippen molar-refractivity contribution in [2.24, 2.45) is 0 Å². The molecule has 1 aliphatic rings. The molecule has 1 aromatic carbocycles. The molecule has 0 unspecified atom stereocenters. The van der Waals surface area contributed by atoms with Crippen LogP contribution in [-0.4, -0.2) is 36.4 Å². The van der Waals surface area contributed by atoms with E-state index in [1.807, 2.05) is 24.3 Å². The Balaban J connectivity index is 1.80. The predicted molar refractivity (Wildman–Crippen MR) is 102 cm³/mol. The lowest BCUT2D eigenvalue weighted by Gasteiger charge is -2.26. The summed E-state index contributed by atoms with van der Waals surface area (Å²) >= 11 is 0. The largest absolute Gasteiger partial charge is 0.422 e. The maximum absolute atomic E-state index is 10.4. The molecular weight excluding hydrogens is 328 g/mol. The van der Waals surface area contributed by atoms with E-state index in [2.05, 4.69) is 28.9 Å². The first-order valence-corrected chi connectivity index (χ1v) is 9.49. The molecular formula is C21H28N2O3. The van der Waals surface area contributed by atoms with Crippen LogP contribution in [0.15, 0.2) is 46.9 Å². The van der Waals surface area contributed by atoms with E-state index in [4.69, 9.17) is 9.15 Å². The highest BCUT2D eigenvalue weighted by Crippen LogP contribution is 2.28. The number of aliphatic hydroxyl groups is 1. The van der Waals surface area contributed by atoms with Gasteiger partial charge in [0.1, 0.15) is 11.8 Å². The second-order valence-electron chi connectivity index (χ2n) is 6.58. The Morgan fingerprint density at radius 3 is 2.73 bits per heavy atom. The first kappa shape index (κ1) is 18.7. The molecule has 0 bridgehead atoms. The van der Waals surface area contributed by atoms with Gasteiger partial charge in [-0.15, -0.1) is 0 Å². The van der Waals surface area contributed by atoms with Crippen LogP contribution in [0, 0.1) is 0 Å². The summed E-state index contributed by atoms with van der Waals surface area (Å²) in [5, 5.41) is 10.4. The van der Waals surface area contributed by atoms with Gasteiger partial charge in [0.25, 0.3) is 0 Å². The molecule has 5 nitrogen and oxygen atoms in total. The Labute approximate surface area is 155 Å². The van der Waals surface area contributed by atoms with Gasteiger partial charge in [0.05, 0.1) is 13.2 Å². The number of rotatable bonds is 8. The Kier molecular flexibility index (Phi) is 6.86. The monoisotopic (exact) mass is 356 g/mol. The van der Waals surface area contributed by atoms with Crippen molar-refractivity contribution < 1.29 is 14.3 Å². The fraction of sp³-hybridized carbons (Fsp3) is 0.476. The standard InChI is InChI=1S/C21H28N2O3/c1-2-3-4-8-11-19(24)20-22-18(16-17-9-6-5-7-10-17)21(26-20)23-12-14-25-15-13-23/h5-11,19,24H,2-4,12-16H2,1H3/b11-8+/t19-/m0/s1. The van der Waals surface area contributed by atoms with Crippen LogP contribution in [0.2, 0.25) is 0 Å². The molecule has 5 heteroatoms. The van der Waals surface area contributed by atoms with E-state index >= 15 is 0 Å². The second-order valence-corrected chi connectivity index (χ2v) is 6.58. The van der Waals surface area contributed by atoms with Gasteiger partial charge < -0.3 is 19.2 Å². The number of hydrogen-bond acceptors (Lipinski definition) is 5. The van der Waals surface area contributed by atoms with Crippen LogP contribution in [0.3, 0.4) is 0 Å². The number of anilines is 1. The fourth-order valence-corrected chi connectivity index (χ4v) is 3.04. The average molecular weight is 356 g/mol. The highest BCUT2D eigenvalue weighted by atomic mass is 16.5. The Morgan fingerprint density at radius 1 is 1.23 bits per heavy atom. The van der Waals surface area contributed by atoms with Crippen molar-refractivity contribution in [2.45, 2.75) is 38.7 Å².